The Morgan fingerprint density at radius 3 is 2.44 bits per heavy atom. The van der Waals surface area contributed by atoms with Gasteiger partial charge in [-0.25, -0.2) is 4.79 Å². The second-order valence-electron chi connectivity index (χ2n) is 3.64. The van der Waals surface area contributed by atoms with Crippen LogP contribution in [0.5, 0.6) is 5.95 Å². The van der Waals surface area contributed by atoms with E-state index in [1.165, 1.54) is 36.4 Å². The Morgan fingerprint density at radius 1 is 1.44 bits per heavy atom. The van der Waals surface area contributed by atoms with Crippen LogP contribution in [-0.4, -0.2) is 12.1 Å². The van der Waals surface area contributed by atoms with Crippen molar-refractivity contribution in [3.05, 3.63) is 51.6 Å². The van der Waals surface area contributed by atoms with E-state index in [-0.39, 0.29) is 5.95 Å². The van der Waals surface area contributed by atoms with Crippen LogP contribution >= 0.6 is 0 Å². The van der Waals surface area contributed by atoms with Crippen LogP contribution in [0.25, 0.3) is 0 Å². The van der Waals surface area contributed by atoms with Crippen molar-refractivity contribution in [1.82, 2.24) is 4.98 Å². The molecule has 2 aliphatic carbocycles. The highest BCUT2D eigenvalue weighted by molar-refractivity contribution is 5.43. The molecule has 1 aromatic carbocycles. The van der Waals surface area contributed by atoms with Crippen molar-refractivity contribution in [2.24, 2.45) is 0 Å². The van der Waals surface area contributed by atoms with Crippen molar-refractivity contribution in [3.8, 4) is 5.95 Å². The third-order valence-corrected chi connectivity index (χ3v) is 2.51. The number of benzene rings is 1. The molecule has 0 unspecified atom stereocenters. The molecule has 0 fully saturated rings. The van der Waals surface area contributed by atoms with Gasteiger partial charge in [0.2, 0.25) is 0 Å². The first-order valence-electron chi connectivity index (χ1n) is 5.00. The molecule has 4 rings (SSSR count). The highest BCUT2D eigenvalue weighted by Gasteiger charge is 2.09. The van der Waals surface area contributed by atoms with Gasteiger partial charge in [-0.1, -0.05) is 18.2 Å². The van der Waals surface area contributed by atoms with E-state index >= 15 is 0 Å². The van der Waals surface area contributed by atoms with Crippen LogP contribution < -0.4 is 10.5 Å². The number of ether oxygens (including phenoxy) is 1. The Kier molecular flexibility index (Phi) is 2.81. The van der Waals surface area contributed by atoms with Gasteiger partial charge in [0.15, 0.2) is 0 Å². The first kappa shape index (κ1) is 10.5. The second kappa shape index (κ2) is 4.26. The van der Waals surface area contributed by atoms with Gasteiger partial charge in [-0.3, -0.25) is 4.98 Å². The molecule has 0 aliphatic heterocycles. The van der Waals surface area contributed by atoms with Gasteiger partial charge in [0.1, 0.15) is 0 Å². The number of rotatable bonds is 1. The number of hydrogen-bond acceptors (Lipinski definition) is 3. The Hall–Kier alpha value is -1.97. The smallest absolute Gasteiger partial charge is 0.419 e. The molecule has 4 nitrogen and oxygen atoms in total. The minimum atomic E-state index is -0.498. The lowest BCUT2D eigenvalue weighted by atomic mass is 9.89. The quantitative estimate of drug-likeness (QED) is 0.679. The normalized spacial score (nSPS) is 11.1. The molecule has 16 heavy (non-hydrogen) atoms. The minimum absolute atomic E-state index is 0.204. The maximum Gasteiger partial charge on any atom is 0.419 e. The summed E-state index contributed by atoms with van der Waals surface area (Å²) in [5.74, 6) is -0.295. The van der Waals surface area contributed by atoms with E-state index in [0.717, 1.165) is 0 Å². The zero-order valence-corrected chi connectivity index (χ0v) is 9.24. The van der Waals surface area contributed by atoms with E-state index in [1.807, 2.05) is 0 Å². The number of aromatic amines is 1. The summed E-state index contributed by atoms with van der Waals surface area (Å²) in [6, 6.07) is 6.64. The summed E-state index contributed by atoms with van der Waals surface area (Å²) in [7, 11) is 1.42. The van der Waals surface area contributed by atoms with Gasteiger partial charge in [-0.05, 0) is 30.0 Å². The first-order chi connectivity index (χ1) is 7.69. The topological polar surface area (TPSA) is 55.2 Å². The average molecular weight is 219 g/mol. The highest BCUT2D eigenvalue weighted by atomic mass is 16.6. The monoisotopic (exact) mass is 219 g/mol. The average Bonchev–Trinajstić information content (AvgIpc) is 2.64. The zero-order valence-electron chi connectivity index (χ0n) is 9.24. The molecule has 1 aromatic heterocycles. The lowest BCUT2D eigenvalue weighted by Gasteiger charge is -2.16. The largest absolute Gasteiger partial charge is 0.467 e. The third-order valence-electron chi connectivity index (χ3n) is 2.51. The summed E-state index contributed by atoms with van der Waals surface area (Å²) >= 11 is 0. The fourth-order valence-electron chi connectivity index (χ4n) is 1.48. The van der Waals surface area contributed by atoms with Crippen molar-refractivity contribution in [2.75, 3.05) is 7.11 Å². The van der Waals surface area contributed by atoms with E-state index in [1.54, 1.807) is 0 Å². The molecule has 2 bridgehead atoms. The number of oxazole rings is 1. The molecule has 1 heterocycles. The molecule has 2 aromatic rings. The summed E-state index contributed by atoms with van der Waals surface area (Å²) in [5.41, 5.74) is 4.47. The highest BCUT2D eigenvalue weighted by Crippen LogP contribution is 2.23. The van der Waals surface area contributed by atoms with Crippen molar-refractivity contribution in [3.63, 3.8) is 0 Å². The SMILES string of the molecule is COc1c[nH]c(=O)o1.Cc1ccc2cc1C2. The fourth-order valence-corrected chi connectivity index (χ4v) is 1.48. The van der Waals surface area contributed by atoms with Gasteiger partial charge in [-0.15, -0.1) is 0 Å². The number of hydrogen-bond donors (Lipinski definition) is 1. The van der Waals surface area contributed by atoms with Crippen molar-refractivity contribution in [2.45, 2.75) is 13.3 Å². The number of aryl methyl sites for hydroxylation is 1. The molecule has 2 aliphatic rings. The molecule has 0 atom stereocenters. The van der Waals surface area contributed by atoms with Crippen LogP contribution in [-0.2, 0) is 6.42 Å². The number of aromatic nitrogens is 1. The molecule has 0 saturated heterocycles. The van der Waals surface area contributed by atoms with Crippen molar-refractivity contribution in [1.29, 1.82) is 0 Å². The van der Waals surface area contributed by atoms with E-state index in [0.29, 0.717) is 0 Å². The summed E-state index contributed by atoms with van der Waals surface area (Å²) < 4.78 is 8.94. The molecule has 1 N–H and O–H groups in total. The van der Waals surface area contributed by atoms with Gasteiger partial charge in [0.05, 0.1) is 13.3 Å². The Morgan fingerprint density at radius 2 is 2.19 bits per heavy atom. The number of nitrogens with one attached hydrogen (secondary N) is 1. The predicted octanol–water partition coefficient (Wildman–Crippen LogP) is 1.88. The first-order valence-corrected chi connectivity index (χ1v) is 5.00. The lowest BCUT2D eigenvalue weighted by Crippen LogP contribution is -2.02. The molecular formula is C12H13NO3. The van der Waals surface area contributed by atoms with E-state index < -0.39 is 5.76 Å². The van der Waals surface area contributed by atoms with Gasteiger partial charge < -0.3 is 9.15 Å². The fraction of sp³-hybridized carbons (Fsp3) is 0.250. The molecule has 0 radical (unpaired) electrons. The molecule has 0 saturated carbocycles. The lowest BCUT2D eigenvalue weighted by molar-refractivity contribution is 0.295. The summed E-state index contributed by atoms with van der Waals surface area (Å²) in [6.45, 7) is 2.16. The third kappa shape index (κ3) is 2.16. The maximum absolute atomic E-state index is 10.1. The number of methoxy groups -OCH3 is 1. The zero-order chi connectivity index (χ0) is 11.5. The predicted molar refractivity (Wildman–Crippen MR) is 59.9 cm³/mol. The summed E-state index contributed by atoms with van der Waals surface area (Å²) in [5, 5.41) is 0. The van der Waals surface area contributed by atoms with Crippen LogP contribution in [0.15, 0.2) is 33.6 Å². The van der Waals surface area contributed by atoms with Gasteiger partial charge in [-0.2, -0.15) is 0 Å². The van der Waals surface area contributed by atoms with Crippen LogP contribution in [0.2, 0.25) is 0 Å². The van der Waals surface area contributed by atoms with E-state index in [9.17, 15) is 4.79 Å². The standard InChI is InChI=1S/C8H8.C4H5NO3/c1-6-2-3-7-4-8(6)5-7;1-7-3-2-5-4(6)8-3/h2-4H,5H2,1H3;2H,1H3,(H,5,6). The van der Waals surface area contributed by atoms with Gasteiger partial charge >= 0.3 is 11.7 Å². The van der Waals surface area contributed by atoms with Gasteiger partial charge in [0, 0.05) is 0 Å². The Balaban J connectivity index is 0.000000120. The van der Waals surface area contributed by atoms with Crippen LogP contribution in [0.4, 0.5) is 0 Å². The van der Waals surface area contributed by atoms with Crippen LogP contribution in [0.1, 0.15) is 16.7 Å². The summed E-state index contributed by atoms with van der Waals surface area (Å²) in [4.78, 5) is 12.4. The van der Waals surface area contributed by atoms with Crippen LogP contribution in [0, 0.1) is 6.92 Å². The van der Waals surface area contributed by atoms with E-state index in [2.05, 4.69) is 39.3 Å². The number of fused-ring (bicyclic) bond motifs is 2. The maximum atomic E-state index is 10.1. The molecule has 0 spiro atoms. The van der Waals surface area contributed by atoms with Crippen LogP contribution in [0.3, 0.4) is 0 Å². The Labute approximate surface area is 92.9 Å². The Bertz CT molecular complexity index is 530. The van der Waals surface area contributed by atoms with E-state index in [4.69, 9.17) is 0 Å². The molecule has 84 valence electrons. The summed E-state index contributed by atoms with van der Waals surface area (Å²) in [6.07, 6.45) is 2.57. The molecule has 4 heteroatoms. The number of H-pyrrole nitrogens is 1. The molecular weight excluding hydrogens is 206 g/mol. The van der Waals surface area contributed by atoms with Gasteiger partial charge in [0.25, 0.3) is 0 Å². The minimum Gasteiger partial charge on any atom is -0.467 e. The van der Waals surface area contributed by atoms with Crippen molar-refractivity contribution >= 4 is 0 Å². The second-order valence-corrected chi connectivity index (χ2v) is 3.64. The molecule has 0 amide bonds. The van der Waals surface area contributed by atoms with Crippen molar-refractivity contribution < 1.29 is 9.15 Å².